The van der Waals surface area contributed by atoms with E-state index in [1.807, 2.05) is 18.2 Å². The Hall–Kier alpha value is -0.770. The Morgan fingerprint density at radius 2 is 2.14 bits per heavy atom. The van der Waals surface area contributed by atoms with Gasteiger partial charge in [0.2, 0.25) is 0 Å². The van der Waals surface area contributed by atoms with E-state index in [-0.39, 0.29) is 6.04 Å². The van der Waals surface area contributed by atoms with Crippen LogP contribution in [0.4, 0.5) is 0 Å². The van der Waals surface area contributed by atoms with Gasteiger partial charge in [-0.25, -0.2) is 0 Å². The van der Waals surface area contributed by atoms with Crippen LogP contribution in [-0.4, -0.2) is 6.04 Å². The van der Waals surface area contributed by atoms with Gasteiger partial charge in [0.05, 0.1) is 10.6 Å². The second-order valence-electron chi connectivity index (χ2n) is 6.26. The van der Waals surface area contributed by atoms with Crippen LogP contribution in [0.25, 0.3) is 0 Å². The zero-order valence-corrected chi connectivity index (χ0v) is 14.1. The third-order valence-electron chi connectivity index (χ3n) is 4.52. The van der Waals surface area contributed by atoms with E-state index in [0.29, 0.717) is 12.0 Å². The van der Waals surface area contributed by atoms with Crippen molar-refractivity contribution in [2.75, 3.05) is 0 Å². The van der Waals surface area contributed by atoms with E-state index < -0.39 is 0 Å². The van der Waals surface area contributed by atoms with Gasteiger partial charge in [-0.3, -0.25) is 5.32 Å². The maximum Gasteiger partial charge on any atom is 0.126 e. The van der Waals surface area contributed by atoms with Gasteiger partial charge < -0.3 is 4.42 Å². The highest BCUT2D eigenvalue weighted by molar-refractivity contribution is 7.16. The fourth-order valence-corrected chi connectivity index (χ4v) is 4.50. The number of nitrogens with one attached hydrogen (secondary N) is 1. The minimum atomic E-state index is 0.110. The Kier molecular flexibility index (Phi) is 4.72. The van der Waals surface area contributed by atoms with Crippen molar-refractivity contribution in [3.63, 3.8) is 0 Å². The Morgan fingerprint density at radius 1 is 1.29 bits per heavy atom. The molecule has 0 aliphatic heterocycles. The van der Waals surface area contributed by atoms with E-state index in [2.05, 4.69) is 25.2 Å². The van der Waals surface area contributed by atoms with Gasteiger partial charge in [0.15, 0.2) is 0 Å². The van der Waals surface area contributed by atoms with Gasteiger partial charge in [0.1, 0.15) is 11.8 Å². The zero-order valence-electron chi connectivity index (χ0n) is 12.5. The number of hydrogen-bond acceptors (Lipinski definition) is 3. The fraction of sp³-hybridized carbons (Fsp3) is 0.529. The molecule has 1 fully saturated rings. The highest BCUT2D eigenvalue weighted by Crippen LogP contribution is 2.35. The molecule has 2 aromatic rings. The van der Waals surface area contributed by atoms with E-state index in [0.717, 1.165) is 16.0 Å². The Balaban J connectivity index is 1.80. The Labute approximate surface area is 135 Å². The van der Waals surface area contributed by atoms with Gasteiger partial charge in [-0.2, -0.15) is 0 Å². The second kappa shape index (κ2) is 6.55. The topological polar surface area (TPSA) is 25.2 Å². The lowest BCUT2D eigenvalue weighted by atomic mass is 9.79. The predicted octanol–water partition coefficient (Wildman–Crippen LogP) is 5.50. The van der Waals surface area contributed by atoms with E-state index in [1.54, 1.807) is 17.6 Å². The normalized spacial score (nSPS) is 27.7. The van der Waals surface area contributed by atoms with Crippen molar-refractivity contribution in [2.24, 2.45) is 11.8 Å². The summed E-state index contributed by atoms with van der Waals surface area (Å²) in [7, 11) is 0. The number of thiophene rings is 1. The second-order valence-corrected chi connectivity index (χ2v) is 8.01. The summed E-state index contributed by atoms with van der Waals surface area (Å²) < 4.78 is 6.49. The van der Waals surface area contributed by atoms with E-state index in [4.69, 9.17) is 16.0 Å². The van der Waals surface area contributed by atoms with Crippen LogP contribution in [0.3, 0.4) is 0 Å². The van der Waals surface area contributed by atoms with Crippen LogP contribution in [0, 0.1) is 11.8 Å². The van der Waals surface area contributed by atoms with E-state index >= 15 is 0 Å². The molecule has 3 rings (SSSR count). The molecular formula is C17H22ClNOS. The molecule has 0 amide bonds. The molecule has 4 heteroatoms. The van der Waals surface area contributed by atoms with E-state index in [1.165, 1.54) is 24.1 Å². The molecule has 2 heterocycles. The smallest absolute Gasteiger partial charge is 0.126 e. The summed E-state index contributed by atoms with van der Waals surface area (Å²) in [6.45, 7) is 4.71. The molecule has 0 spiro atoms. The van der Waals surface area contributed by atoms with Gasteiger partial charge in [-0.1, -0.05) is 25.4 Å². The molecule has 0 bridgehead atoms. The molecule has 2 nitrogen and oxygen atoms in total. The van der Waals surface area contributed by atoms with Crippen LogP contribution >= 0.6 is 22.9 Å². The number of halogens is 1. The lowest BCUT2D eigenvalue weighted by molar-refractivity contribution is 0.215. The van der Waals surface area contributed by atoms with Crippen LogP contribution in [0.2, 0.25) is 4.34 Å². The molecule has 21 heavy (non-hydrogen) atoms. The first kappa shape index (κ1) is 15.1. The van der Waals surface area contributed by atoms with Crippen LogP contribution in [-0.2, 0) is 0 Å². The largest absolute Gasteiger partial charge is 0.467 e. The van der Waals surface area contributed by atoms with Crippen LogP contribution in [0.5, 0.6) is 0 Å². The van der Waals surface area contributed by atoms with Gasteiger partial charge >= 0.3 is 0 Å². The Bertz CT molecular complexity index is 565. The van der Waals surface area contributed by atoms with Crippen molar-refractivity contribution in [3.05, 3.63) is 45.5 Å². The molecule has 4 unspecified atom stereocenters. The quantitative estimate of drug-likeness (QED) is 0.803. The van der Waals surface area contributed by atoms with E-state index in [9.17, 15) is 0 Å². The minimum Gasteiger partial charge on any atom is -0.467 e. The lowest BCUT2D eigenvalue weighted by Crippen LogP contribution is -2.41. The fourth-order valence-electron chi connectivity index (χ4n) is 3.37. The standard InChI is InChI=1S/C17H22ClNOS/c1-11-5-6-13(12(2)10-11)19-17(14-4-3-9-20-14)15-7-8-16(18)21-15/h3-4,7-9,11-13,17,19H,5-6,10H2,1-2H3. The van der Waals surface area contributed by atoms with Crippen molar-refractivity contribution < 1.29 is 4.42 Å². The van der Waals surface area contributed by atoms with Crippen molar-refractivity contribution in [1.82, 2.24) is 5.32 Å². The third kappa shape index (κ3) is 3.53. The maximum absolute atomic E-state index is 6.12. The summed E-state index contributed by atoms with van der Waals surface area (Å²) in [5.41, 5.74) is 0. The van der Waals surface area contributed by atoms with Gasteiger partial charge in [0, 0.05) is 10.9 Å². The molecule has 4 atom stereocenters. The van der Waals surface area contributed by atoms with Crippen molar-refractivity contribution >= 4 is 22.9 Å². The number of furan rings is 1. The first-order valence-corrected chi connectivity index (χ1v) is 8.87. The third-order valence-corrected chi connectivity index (χ3v) is 5.81. The molecule has 0 saturated heterocycles. The summed E-state index contributed by atoms with van der Waals surface area (Å²) in [5.74, 6) is 2.51. The van der Waals surface area contributed by atoms with Crippen LogP contribution in [0.15, 0.2) is 34.9 Å². The first-order chi connectivity index (χ1) is 10.1. The minimum absolute atomic E-state index is 0.110. The summed E-state index contributed by atoms with van der Waals surface area (Å²) in [4.78, 5) is 1.22. The number of rotatable bonds is 4. The molecule has 1 aliphatic carbocycles. The highest BCUT2D eigenvalue weighted by atomic mass is 35.5. The highest BCUT2D eigenvalue weighted by Gasteiger charge is 2.29. The maximum atomic E-state index is 6.12. The molecule has 1 aliphatic rings. The van der Waals surface area contributed by atoms with Crippen LogP contribution in [0.1, 0.15) is 49.8 Å². The number of hydrogen-bond donors (Lipinski definition) is 1. The molecule has 0 aromatic carbocycles. The summed E-state index contributed by atoms with van der Waals surface area (Å²) in [5, 5.41) is 3.82. The van der Waals surface area contributed by atoms with Crippen molar-refractivity contribution in [2.45, 2.75) is 45.2 Å². The molecule has 0 radical (unpaired) electrons. The van der Waals surface area contributed by atoms with Crippen LogP contribution < -0.4 is 5.32 Å². The molecule has 114 valence electrons. The molecular weight excluding hydrogens is 302 g/mol. The summed E-state index contributed by atoms with van der Waals surface area (Å²) in [6.07, 6.45) is 5.58. The molecule has 1 N–H and O–H groups in total. The summed E-state index contributed by atoms with van der Waals surface area (Å²) >= 11 is 7.74. The summed E-state index contributed by atoms with van der Waals surface area (Å²) in [6, 6.07) is 8.71. The lowest BCUT2D eigenvalue weighted by Gasteiger charge is -2.35. The molecule has 1 saturated carbocycles. The first-order valence-electron chi connectivity index (χ1n) is 7.68. The predicted molar refractivity (Wildman–Crippen MR) is 89.0 cm³/mol. The van der Waals surface area contributed by atoms with Crippen molar-refractivity contribution in [3.8, 4) is 0 Å². The van der Waals surface area contributed by atoms with Crippen molar-refractivity contribution in [1.29, 1.82) is 0 Å². The Morgan fingerprint density at radius 3 is 2.76 bits per heavy atom. The SMILES string of the molecule is CC1CCC(NC(c2ccco2)c2ccc(Cl)s2)C(C)C1. The zero-order chi connectivity index (χ0) is 14.8. The van der Waals surface area contributed by atoms with Gasteiger partial charge in [-0.15, -0.1) is 11.3 Å². The monoisotopic (exact) mass is 323 g/mol. The van der Waals surface area contributed by atoms with Gasteiger partial charge in [-0.05, 0) is 55.4 Å². The molecule has 2 aromatic heterocycles. The average Bonchev–Trinajstić information content (AvgIpc) is 3.09. The average molecular weight is 324 g/mol. The van der Waals surface area contributed by atoms with Gasteiger partial charge in [0.25, 0.3) is 0 Å².